The molecule has 0 aromatic heterocycles. The Balaban J connectivity index is 0.000000354. The van der Waals surface area contributed by atoms with Crippen LogP contribution in [0.1, 0.15) is 167 Å². The molecule has 6 heterocycles. The number of morpholine rings is 1. The van der Waals surface area contributed by atoms with Crippen molar-refractivity contribution in [3.8, 4) is 0 Å². The zero-order valence-corrected chi connectivity index (χ0v) is 42.7. The van der Waals surface area contributed by atoms with Crippen LogP contribution in [0.15, 0.2) is 0 Å². The number of thioether (sulfide) groups is 1. The highest BCUT2D eigenvalue weighted by Gasteiger charge is 2.18. The number of hydrogen-bond donors (Lipinski definition) is 6. The first-order valence-corrected chi connectivity index (χ1v) is 26.8. The summed E-state index contributed by atoms with van der Waals surface area (Å²) in [6.07, 6.45) is 18.5. The molecule has 0 amide bonds. The van der Waals surface area contributed by atoms with Crippen LogP contribution >= 0.6 is 11.8 Å². The topological polar surface area (TPSA) is 81.4 Å². The van der Waals surface area contributed by atoms with Crippen LogP contribution in [0.4, 0.5) is 0 Å². The van der Waals surface area contributed by atoms with Crippen LogP contribution in [0.5, 0.6) is 0 Å². The highest BCUT2D eigenvalue weighted by atomic mass is 32.2. The van der Waals surface area contributed by atoms with Crippen LogP contribution in [0, 0.1) is 59.2 Å². The highest BCUT2D eigenvalue weighted by Crippen LogP contribution is 2.23. The van der Waals surface area contributed by atoms with Gasteiger partial charge >= 0.3 is 0 Å². The van der Waals surface area contributed by atoms with Gasteiger partial charge in [-0.25, -0.2) is 0 Å². The van der Waals surface area contributed by atoms with Gasteiger partial charge in [0.15, 0.2) is 0 Å². The molecular formula is C51H108N6OS. The molecule has 0 saturated carbocycles. The van der Waals surface area contributed by atoms with E-state index in [-0.39, 0.29) is 0 Å². The first-order valence-electron chi connectivity index (χ1n) is 25.7. The third kappa shape index (κ3) is 35.1. The average Bonchev–Trinajstić information content (AvgIpc) is 3.54. The van der Waals surface area contributed by atoms with Crippen molar-refractivity contribution in [3.05, 3.63) is 0 Å². The molecule has 0 aromatic carbocycles. The van der Waals surface area contributed by atoms with Gasteiger partial charge < -0.3 is 36.6 Å². The van der Waals surface area contributed by atoms with Crippen molar-refractivity contribution in [2.45, 2.75) is 178 Å². The molecule has 6 aliphatic rings. The molecule has 6 N–H and O–H groups in total. The van der Waals surface area contributed by atoms with E-state index in [0.29, 0.717) is 6.10 Å². The molecule has 0 aromatic rings. The van der Waals surface area contributed by atoms with E-state index in [4.69, 9.17) is 4.74 Å². The molecular weight excluding hydrogens is 745 g/mol. The van der Waals surface area contributed by atoms with Gasteiger partial charge in [0.05, 0.1) is 12.7 Å². The van der Waals surface area contributed by atoms with Crippen molar-refractivity contribution in [1.82, 2.24) is 31.9 Å². The Morgan fingerprint density at radius 2 is 0.898 bits per heavy atom. The first-order chi connectivity index (χ1) is 28.2. The van der Waals surface area contributed by atoms with Crippen LogP contribution in [-0.2, 0) is 4.74 Å². The molecule has 8 heteroatoms. The van der Waals surface area contributed by atoms with Gasteiger partial charge in [-0.15, -0.1) is 0 Å². The summed E-state index contributed by atoms with van der Waals surface area (Å²) in [5.41, 5.74) is 0. The highest BCUT2D eigenvalue weighted by molar-refractivity contribution is 8.00. The van der Waals surface area contributed by atoms with Crippen molar-refractivity contribution >= 4 is 11.8 Å². The number of nitrogens with one attached hydrogen (secondary N) is 6. The second kappa shape index (κ2) is 37.4. The monoisotopic (exact) mass is 853 g/mol. The summed E-state index contributed by atoms with van der Waals surface area (Å²) in [5.74, 6) is 10.4. The Hall–Kier alpha value is 0.0700. The van der Waals surface area contributed by atoms with Crippen LogP contribution < -0.4 is 31.9 Å². The van der Waals surface area contributed by atoms with Gasteiger partial charge in [0, 0.05) is 37.2 Å². The second-order valence-electron chi connectivity index (χ2n) is 21.5. The van der Waals surface area contributed by atoms with Crippen LogP contribution in [0.25, 0.3) is 0 Å². The van der Waals surface area contributed by atoms with E-state index in [1.807, 2.05) is 0 Å². The molecule has 59 heavy (non-hydrogen) atoms. The summed E-state index contributed by atoms with van der Waals surface area (Å²) in [4.78, 5) is 0. The minimum absolute atomic E-state index is 0.466. The smallest absolute Gasteiger partial charge is 0.0702 e. The lowest BCUT2D eigenvalue weighted by Crippen LogP contribution is -2.39. The molecule has 0 radical (unpaired) electrons. The average molecular weight is 854 g/mol. The van der Waals surface area contributed by atoms with Gasteiger partial charge in [-0.05, 0) is 195 Å². The number of hydrogen-bond acceptors (Lipinski definition) is 8. The normalized spacial score (nSPS) is 26.6. The minimum Gasteiger partial charge on any atom is -0.376 e. The molecule has 6 aliphatic heterocycles. The first kappa shape index (κ1) is 57.1. The number of piperidine rings is 2. The van der Waals surface area contributed by atoms with Crippen LogP contribution in [-0.4, -0.2) is 102 Å². The standard InChI is InChI=1S/3C9H19N.C8H17NO.C8H17NS.C8H17N/c1-8(2)7-9-3-5-10-6-4-9;1-8(2)9-4-3-6-10-7-5-9;1-8(2)6-9-4-3-5-10-7-9;2*1-7(2)5-8-6-9-3-4-10-8;1-7(2)5-8-3-4-9-6-8/h3*8-10H,3-7H2,1-2H3;2*7-9H,3-6H2,1-2H3;7-9H,3-6H2,1-2H3. The van der Waals surface area contributed by atoms with Gasteiger partial charge in [-0.2, -0.15) is 11.8 Å². The van der Waals surface area contributed by atoms with Gasteiger partial charge in [-0.1, -0.05) is 83.1 Å². The summed E-state index contributed by atoms with van der Waals surface area (Å²) in [5, 5.41) is 21.3. The zero-order valence-electron chi connectivity index (χ0n) is 41.8. The van der Waals surface area contributed by atoms with Gasteiger partial charge in [0.25, 0.3) is 0 Å². The van der Waals surface area contributed by atoms with E-state index in [2.05, 4.69) is 127 Å². The predicted molar refractivity (Wildman–Crippen MR) is 266 cm³/mol. The maximum absolute atomic E-state index is 5.53. The Kier molecular flexibility index (Phi) is 36.2. The number of ether oxygens (including phenoxy) is 1. The van der Waals surface area contributed by atoms with Crippen molar-refractivity contribution in [1.29, 1.82) is 0 Å². The molecule has 0 bridgehead atoms. The van der Waals surface area contributed by atoms with E-state index < -0.39 is 0 Å². The third-order valence-electron chi connectivity index (χ3n) is 12.5. The molecule has 6 saturated heterocycles. The lowest BCUT2D eigenvalue weighted by atomic mass is 9.89. The van der Waals surface area contributed by atoms with Gasteiger partial charge in [0.2, 0.25) is 0 Å². The molecule has 5 unspecified atom stereocenters. The van der Waals surface area contributed by atoms with Crippen LogP contribution in [0.2, 0.25) is 0 Å². The summed E-state index contributed by atoms with van der Waals surface area (Å²) in [7, 11) is 0. The summed E-state index contributed by atoms with van der Waals surface area (Å²) < 4.78 is 5.53. The molecule has 0 spiro atoms. The fourth-order valence-electron chi connectivity index (χ4n) is 9.46. The molecule has 7 nitrogen and oxygen atoms in total. The van der Waals surface area contributed by atoms with E-state index in [1.165, 1.54) is 155 Å². The second-order valence-corrected chi connectivity index (χ2v) is 22.9. The molecule has 0 aliphatic carbocycles. The van der Waals surface area contributed by atoms with Gasteiger partial charge in [-0.3, -0.25) is 0 Å². The maximum atomic E-state index is 5.53. The molecule has 6 rings (SSSR count). The molecule has 5 atom stereocenters. The Morgan fingerprint density at radius 1 is 0.424 bits per heavy atom. The SMILES string of the molecule is CC(C)C1CCCNCC1.CC(C)CC1CCCNC1.CC(C)CC1CCNC1.CC(C)CC1CCNCC1.CC(C)CC1CNCCO1.CC(C)CC1CNCCS1. The van der Waals surface area contributed by atoms with Crippen molar-refractivity contribution in [3.63, 3.8) is 0 Å². The van der Waals surface area contributed by atoms with Crippen molar-refractivity contribution in [2.24, 2.45) is 59.2 Å². The fourth-order valence-corrected chi connectivity index (χ4v) is 10.8. The largest absolute Gasteiger partial charge is 0.376 e. The zero-order chi connectivity index (χ0) is 43.7. The minimum atomic E-state index is 0.466. The predicted octanol–water partition coefficient (Wildman–Crippen LogP) is 10.5. The lowest BCUT2D eigenvalue weighted by Gasteiger charge is -2.24. The molecule has 354 valence electrons. The Morgan fingerprint density at radius 3 is 1.41 bits per heavy atom. The summed E-state index contributed by atoms with van der Waals surface area (Å²) in [6, 6.07) is 0. The fraction of sp³-hybridized carbons (Fsp3) is 1.00. The molecule has 6 fully saturated rings. The lowest BCUT2D eigenvalue weighted by molar-refractivity contribution is 0.0163. The third-order valence-corrected chi connectivity index (χ3v) is 13.7. The maximum Gasteiger partial charge on any atom is 0.0702 e. The van der Waals surface area contributed by atoms with Crippen molar-refractivity contribution in [2.75, 3.05) is 90.9 Å². The van der Waals surface area contributed by atoms with E-state index >= 15 is 0 Å². The quantitative estimate of drug-likeness (QED) is 0.123. The van der Waals surface area contributed by atoms with Crippen LogP contribution in [0.3, 0.4) is 0 Å². The Labute approximate surface area is 375 Å². The van der Waals surface area contributed by atoms with E-state index in [9.17, 15) is 0 Å². The van der Waals surface area contributed by atoms with E-state index in [1.54, 1.807) is 0 Å². The summed E-state index contributed by atoms with van der Waals surface area (Å²) in [6.45, 7) is 43.0. The Bertz CT molecular complexity index is 770. The summed E-state index contributed by atoms with van der Waals surface area (Å²) >= 11 is 2.13. The van der Waals surface area contributed by atoms with Crippen molar-refractivity contribution < 1.29 is 4.74 Å². The van der Waals surface area contributed by atoms with Gasteiger partial charge in [0.1, 0.15) is 0 Å². The van der Waals surface area contributed by atoms with E-state index in [0.717, 1.165) is 84.1 Å². The number of rotatable bonds is 11.